The summed E-state index contributed by atoms with van der Waals surface area (Å²) in [5, 5.41) is 17.8. The molecule has 2 atom stereocenters. The van der Waals surface area contributed by atoms with Gasteiger partial charge in [0.15, 0.2) is 0 Å². The van der Waals surface area contributed by atoms with E-state index in [0.29, 0.717) is 11.3 Å². The van der Waals surface area contributed by atoms with E-state index in [4.69, 9.17) is 28.0 Å². The first kappa shape index (κ1) is 18.9. The van der Waals surface area contributed by atoms with Crippen molar-refractivity contribution in [2.24, 2.45) is 0 Å². The zero-order valence-electron chi connectivity index (χ0n) is 13.3. The minimum atomic E-state index is -1.33. The predicted molar refractivity (Wildman–Crippen MR) is 99.8 cm³/mol. The Bertz CT molecular complexity index is 881. The molecule has 25 heavy (non-hydrogen) atoms. The molecule has 0 heterocycles. The molecule has 0 spiro atoms. The maximum Gasteiger partial charge on any atom is 0.128 e. The molecular weight excluding hydrogens is 363 g/mol. The summed E-state index contributed by atoms with van der Waals surface area (Å²) in [5.74, 6) is -1.38. The molecule has 130 valence electrons. The lowest BCUT2D eigenvalue weighted by Gasteiger charge is -2.19. The number of rotatable bonds is 6. The second-order valence-electron chi connectivity index (χ2n) is 5.32. The monoisotopic (exact) mass is 378 g/mol. The highest BCUT2D eigenvalue weighted by molar-refractivity contribution is 7.85. The summed E-state index contributed by atoms with van der Waals surface area (Å²) in [5.41, 5.74) is 7.26. The lowest BCUT2D eigenvalue weighted by molar-refractivity contribution is 0.604. The van der Waals surface area contributed by atoms with E-state index in [1.54, 1.807) is 18.2 Å². The highest BCUT2D eigenvalue weighted by Crippen LogP contribution is 2.32. The Balaban J connectivity index is 2.48. The molecule has 0 bridgehead atoms. The maximum atomic E-state index is 14.3. The smallest absolute Gasteiger partial charge is 0.128 e. The van der Waals surface area contributed by atoms with Gasteiger partial charge in [0.05, 0.1) is 17.4 Å². The third-order valence-corrected chi connectivity index (χ3v) is 4.37. The summed E-state index contributed by atoms with van der Waals surface area (Å²) < 4.78 is 28.3. The van der Waals surface area contributed by atoms with Crippen LogP contribution in [0.4, 0.5) is 15.8 Å². The molecular formula is C17H16ClFN4OS. The van der Waals surface area contributed by atoms with Gasteiger partial charge in [0.25, 0.3) is 0 Å². The Morgan fingerprint density at radius 2 is 2.20 bits per heavy atom. The standard InChI is InChI=1S/C17H16ClFN4OS/c1-25(24)23-15-4-2-3-13(17(15)22)16(21)12(7-8-20)11-6-5-10(18)9-14(11)19/h2-6,9,12,21,23H,7,22H2,1H3. The van der Waals surface area contributed by atoms with Crippen LogP contribution in [0.25, 0.3) is 0 Å². The van der Waals surface area contributed by atoms with Crippen molar-refractivity contribution in [1.82, 2.24) is 0 Å². The zero-order chi connectivity index (χ0) is 18.6. The average Bonchev–Trinajstić information content (AvgIpc) is 2.54. The van der Waals surface area contributed by atoms with E-state index in [0.717, 1.165) is 6.07 Å². The Labute approximate surface area is 152 Å². The molecule has 2 aromatic carbocycles. The van der Waals surface area contributed by atoms with Gasteiger partial charge >= 0.3 is 0 Å². The van der Waals surface area contributed by atoms with Crippen LogP contribution in [-0.4, -0.2) is 16.2 Å². The first-order valence-corrected chi connectivity index (χ1v) is 9.18. The summed E-state index contributed by atoms with van der Waals surface area (Å²) in [6.45, 7) is 0. The number of hydrogen-bond donors (Lipinski definition) is 3. The fourth-order valence-electron chi connectivity index (χ4n) is 2.47. The van der Waals surface area contributed by atoms with E-state index in [1.165, 1.54) is 18.4 Å². The number of hydrogen-bond acceptors (Lipinski definition) is 4. The summed E-state index contributed by atoms with van der Waals surface area (Å²) in [7, 11) is -1.33. The number of nitriles is 1. The van der Waals surface area contributed by atoms with E-state index in [9.17, 15) is 8.60 Å². The van der Waals surface area contributed by atoms with Crippen LogP contribution in [0.2, 0.25) is 5.02 Å². The molecule has 4 N–H and O–H groups in total. The molecule has 0 aliphatic rings. The molecule has 2 rings (SSSR count). The third kappa shape index (κ3) is 4.35. The number of benzene rings is 2. The number of nitrogens with zero attached hydrogens (tertiary/aromatic N) is 1. The maximum absolute atomic E-state index is 14.3. The van der Waals surface area contributed by atoms with Crippen LogP contribution in [0.5, 0.6) is 0 Å². The molecule has 2 aromatic rings. The summed E-state index contributed by atoms with van der Waals surface area (Å²) >= 11 is 5.77. The van der Waals surface area contributed by atoms with Crippen molar-refractivity contribution in [3.8, 4) is 6.07 Å². The van der Waals surface area contributed by atoms with E-state index in [-0.39, 0.29) is 28.4 Å². The van der Waals surface area contributed by atoms with Crippen molar-refractivity contribution in [2.45, 2.75) is 12.3 Å². The number of para-hydroxylation sites is 1. The SMILES string of the molecule is CS(=O)Nc1cccc(C(=N)C(CC#N)c2ccc(Cl)cc2F)c1N. The number of nitrogen functional groups attached to an aromatic ring is 1. The van der Waals surface area contributed by atoms with Gasteiger partial charge in [-0.05, 0) is 23.8 Å². The highest BCUT2D eigenvalue weighted by Gasteiger charge is 2.24. The largest absolute Gasteiger partial charge is 0.396 e. The number of nitrogens with one attached hydrogen (secondary N) is 2. The van der Waals surface area contributed by atoms with Crippen LogP contribution >= 0.6 is 11.6 Å². The van der Waals surface area contributed by atoms with Crippen molar-refractivity contribution in [3.63, 3.8) is 0 Å². The molecule has 0 fully saturated rings. The van der Waals surface area contributed by atoms with Gasteiger partial charge in [-0.3, -0.25) is 0 Å². The second-order valence-corrected chi connectivity index (χ2v) is 6.87. The van der Waals surface area contributed by atoms with Crippen molar-refractivity contribution >= 4 is 39.7 Å². The number of nitrogens with two attached hydrogens (primary N) is 1. The lowest BCUT2D eigenvalue weighted by atomic mass is 9.86. The summed E-state index contributed by atoms with van der Waals surface area (Å²) in [4.78, 5) is 0. The number of anilines is 2. The summed E-state index contributed by atoms with van der Waals surface area (Å²) in [6.07, 6.45) is 1.37. The van der Waals surface area contributed by atoms with Gasteiger partial charge in [-0.2, -0.15) is 5.26 Å². The molecule has 0 aromatic heterocycles. The molecule has 8 heteroatoms. The molecule has 0 aliphatic heterocycles. The van der Waals surface area contributed by atoms with Crippen LogP contribution in [-0.2, 0) is 11.0 Å². The predicted octanol–water partition coefficient (Wildman–Crippen LogP) is 3.83. The van der Waals surface area contributed by atoms with Crippen LogP contribution < -0.4 is 10.5 Å². The highest BCUT2D eigenvalue weighted by atomic mass is 35.5. The molecule has 0 radical (unpaired) electrons. The van der Waals surface area contributed by atoms with Crippen molar-refractivity contribution in [1.29, 1.82) is 10.7 Å². The first-order chi connectivity index (χ1) is 11.8. The van der Waals surface area contributed by atoms with Gasteiger partial charge in [0.2, 0.25) is 0 Å². The molecule has 5 nitrogen and oxygen atoms in total. The van der Waals surface area contributed by atoms with Gasteiger partial charge in [-0.1, -0.05) is 29.8 Å². The van der Waals surface area contributed by atoms with Gasteiger partial charge in [0, 0.05) is 34.9 Å². The Hall–Kier alpha value is -2.43. The van der Waals surface area contributed by atoms with Crippen molar-refractivity contribution in [2.75, 3.05) is 16.7 Å². The Morgan fingerprint density at radius 1 is 1.48 bits per heavy atom. The normalized spacial score (nSPS) is 12.9. The third-order valence-electron chi connectivity index (χ3n) is 3.63. The van der Waals surface area contributed by atoms with Gasteiger partial charge in [-0.25, -0.2) is 8.60 Å². The van der Waals surface area contributed by atoms with Crippen LogP contribution in [0.15, 0.2) is 36.4 Å². The van der Waals surface area contributed by atoms with E-state index >= 15 is 0 Å². The lowest BCUT2D eigenvalue weighted by Crippen LogP contribution is -2.17. The van der Waals surface area contributed by atoms with E-state index in [1.807, 2.05) is 6.07 Å². The zero-order valence-corrected chi connectivity index (χ0v) is 14.9. The number of halogens is 2. The van der Waals surface area contributed by atoms with E-state index < -0.39 is 22.7 Å². The van der Waals surface area contributed by atoms with E-state index in [2.05, 4.69) is 4.72 Å². The topological polar surface area (TPSA) is 103 Å². The first-order valence-electron chi connectivity index (χ1n) is 7.24. The Kier molecular flexibility index (Phi) is 6.12. The van der Waals surface area contributed by atoms with Crippen molar-refractivity contribution < 1.29 is 8.60 Å². The van der Waals surface area contributed by atoms with Crippen LogP contribution in [0.3, 0.4) is 0 Å². The minimum absolute atomic E-state index is 0.00538. The fourth-order valence-corrected chi connectivity index (χ4v) is 3.12. The fraction of sp³-hybridized carbons (Fsp3) is 0.176. The van der Waals surface area contributed by atoms with Gasteiger partial charge in [-0.15, -0.1) is 0 Å². The quantitative estimate of drug-likeness (QED) is 0.525. The molecule has 2 unspecified atom stereocenters. The van der Waals surface area contributed by atoms with Gasteiger partial charge in [0.1, 0.15) is 16.8 Å². The van der Waals surface area contributed by atoms with Crippen molar-refractivity contribution in [3.05, 3.63) is 58.4 Å². The molecule has 0 saturated heterocycles. The Morgan fingerprint density at radius 3 is 2.80 bits per heavy atom. The van der Waals surface area contributed by atoms with Gasteiger partial charge < -0.3 is 15.9 Å². The average molecular weight is 379 g/mol. The molecule has 0 saturated carbocycles. The molecule has 0 amide bonds. The van der Waals surface area contributed by atoms with Crippen LogP contribution in [0.1, 0.15) is 23.5 Å². The molecule has 0 aliphatic carbocycles. The summed E-state index contributed by atoms with van der Waals surface area (Å²) in [6, 6.07) is 11.0. The minimum Gasteiger partial charge on any atom is -0.396 e. The van der Waals surface area contributed by atoms with Crippen LogP contribution in [0, 0.1) is 22.6 Å². The second kappa shape index (κ2) is 8.10.